The summed E-state index contributed by atoms with van der Waals surface area (Å²) >= 11 is 0. The van der Waals surface area contributed by atoms with Crippen LogP contribution in [0.4, 0.5) is 0 Å². The summed E-state index contributed by atoms with van der Waals surface area (Å²) in [7, 11) is 0. The minimum Gasteiger partial charge on any atom is -0.504 e. The zero-order valence-corrected chi connectivity index (χ0v) is 16.5. The maximum absolute atomic E-state index is 12.7. The first-order valence-corrected chi connectivity index (χ1v) is 9.50. The van der Waals surface area contributed by atoms with Gasteiger partial charge in [-0.3, -0.25) is 4.79 Å². The van der Waals surface area contributed by atoms with E-state index < -0.39 is 59.1 Å². The van der Waals surface area contributed by atoms with Crippen LogP contribution >= 0.6 is 0 Å². The quantitative estimate of drug-likeness (QED) is 0.276. The number of hydrogen-bond donors (Lipinski definition) is 7. The third-order valence-electron chi connectivity index (χ3n) is 5.23. The van der Waals surface area contributed by atoms with Gasteiger partial charge in [0, 0.05) is 17.7 Å². The van der Waals surface area contributed by atoms with Crippen LogP contribution < -0.4 is 10.2 Å². The minimum atomic E-state index is -1.71. The summed E-state index contributed by atoms with van der Waals surface area (Å²) in [5.74, 6) is -2.87. The highest BCUT2D eigenvalue weighted by molar-refractivity contribution is 5.89. The van der Waals surface area contributed by atoms with Crippen molar-refractivity contribution in [1.29, 1.82) is 0 Å². The lowest BCUT2D eigenvalue weighted by atomic mass is 10.00. The van der Waals surface area contributed by atoms with Crippen LogP contribution in [0.25, 0.3) is 22.3 Å². The van der Waals surface area contributed by atoms with E-state index in [4.69, 9.17) is 13.9 Å². The predicted octanol–water partition coefficient (Wildman–Crippen LogP) is 0.489. The van der Waals surface area contributed by atoms with Crippen LogP contribution in [0.5, 0.6) is 28.7 Å². The Balaban J connectivity index is 1.76. The van der Waals surface area contributed by atoms with Gasteiger partial charge in [0.05, 0.1) is 6.10 Å². The van der Waals surface area contributed by atoms with Gasteiger partial charge in [0.15, 0.2) is 28.4 Å². The van der Waals surface area contributed by atoms with Gasteiger partial charge >= 0.3 is 0 Å². The molecular formula is C21H20O11. The second-order valence-corrected chi connectivity index (χ2v) is 7.42. The number of rotatable bonds is 3. The Bertz CT molecular complexity index is 1230. The number of phenols is 4. The van der Waals surface area contributed by atoms with Gasteiger partial charge in [-0.05, 0) is 25.1 Å². The van der Waals surface area contributed by atoms with Crippen LogP contribution in [0.3, 0.4) is 0 Å². The highest BCUT2D eigenvalue weighted by atomic mass is 16.7. The Hall–Kier alpha value is -3.51. The summed E-state index contributed by atoms with van der Waals surface area (Å²) in [6.07, 6.45) is -7.20. The maximum Gasteiger partial charge on any atom is 0.229 e. The number of aliphatic hydroxyl groups excluding tert-OH is 3. The van der Waals surface area contributed by atoms with Crippen LogP contribution in [-0.4, -0.2) is 66.5 Å². The Kier molecular flexibility index (Phi) is 5.34. The van der Waals surface area contributed by atoms with Crippen molar-refractivity contribution in [3.8, 4) is 40.1 Å². The third kappa shape index (κ3) is 3.56. The van der Waals surface area contributed by atoms with Gasteiger partial charge in [-0.1, -0.05) is 0 Å². The molecule has 1 aromatic heterocycles. The van der Waals surface area contributed by atoms with Gasteiger partial charge in [0.25, 0.3) is 0 Å². The molecule has 170 valence electrons. The summed E-state index contributed by atoms with van der Waals surface area (Å²) in [5.41, 5.74) is -0.680. The topological polar surface area (TPSA) is 190 Å². The van der Waals surface area contributed by atoms with Crippen LogP contribution in [0.15, 0.2) is 39.5 Å². The van der Waals surface area contributed by atoms with E-state index in [1.54, 1.807) is 0 Å². The third-order valence-corrected chi connectivity index (χ3v) is 5.23. The molecule has 5 atom stereocenters. The molecule has 1 aliphatic heterocycles. The van der Waals surface area contributed by atoms with Crippen molar-refractivity contribution >= 4 is 11.0 Å². The van der Waals surface area contributed by atoms with Crippen LogP contribution in [0, 0.1) is 0 Å². The standard InChI is InChI=1S/C21H20O11/c1-7-16(26)18(28)19(29)21(30-7)32-20-12(25)6-14-15(17(20)27)11(24)5-13(31-14)8-2-3-9(22)10(23)4-8/h2-7,16,18-19,21-23,25-29H,1H3/t7?,16-,18?,19-,21-/m0/s1. The number of fused-ring (bicyclic) bond motifs is 1. The van der Waals surface area contributed by atoms with E-state index in [0.717, 1.165) is 12.1 Å². The largest absolute Gasteiger partial charge is 0.504 e. The second kappa shape index (κ2) is 7.88. The Morgan fingerprint density at radius 1 is 0.875 bits per heavy atom. The molecule has 32 heavy (non-hydrogen) atoms. The smallest absolute Gasteiger partial charge is 0.229 e. The fourth-order valence-corrected chi connectivity index (χ4v) is 3.43. The van der Waals surface area contributed by atoms with Crippen molar-refractivity contribution in [2.45, 2.75) is 37.6 Å². The molecule has 0 saturated carbocycles. The lowest BCUT2D eigenvalue weighted by Gasteiger charge is -2.38. The number of phenolic OH excluding ortho intramolecular Hbond substituents is 4. The molecule has 2 aromatic carbocycles. The normalized spacial score (nSPS) is 25.7. The lowest BCUT2D eigenvalue weighted by Crippen LogP contribution is -2.58. The van der Waals surface area contributed by atoms with Crippen molar-refractivity contribution in [3.63, 3.8) is 0 Å². The molecule has 11 heteroatoms. The van der Waals surface area contributed by atoms with Crippen molar-refractivity contribution in [2.75, 3.05) is 0 Å². The summed E-state index contributed by atoms with van der Waals surface area (Å²) in [6, 6.07) is 5.78. The summed E-state index contributed by atoms with van der Waals surface area (Å²) in [4.78, 5) is 12.7. The molecule has 7 N–H and O–H groups in total. The molecular weight excluding hydrogens is 428 g/mol. The summed E-state index contributed by atoms with van der Waals surface area (Å²) in [6.45, 7) is 1.42. The van der Waals surface area contributed by atoms with E-state index >= 15 is 0 Å². The van der Waals surface area contributed by atoms with Crippen LogP contribution in [-0.2, 0) is 4.74 Å². The van der Waals surface area contributed by atoms with E-state index in [-0.39, 0.29) is 28.0 Å². The number of aliphatic hydroxyl groups is 3. The van der Waals surface area contributed by atoms with Gasteiger partial charge in [0.1, 0.15) is 35.0 Å². The Labute approximate surface area is 179 Å². The average Bonchev–Trinajstić information content (AvgIpc) is 2.74. The highest BCUT2D eigenvalue weighted by Crippen LogP contribution is 2.43. The molecule has 0 spiro atoms. The summed E-state index contributed by atoms with van der Waals surface area (Å²) < 4.78 is 16.2. The van der Waals surface area contributed by atoms with E-state index in [1.807, 2.05) is 0 Å². The van der Waals surface area contributed by atoms with Crippen molar-refractivity contribution < 1.29 is 49.6 Å². The number of aromatic hydroxyl groups is 4. The molecule has 4 rings (SSSR count). The van der Waals surface area contributed by atoms with Crippen LogP contribution in [0.2, 0.25) is 0 Å². The molecule has 2 heterocycles. The Morgan fingerprint density at radius 3 is 2.28 bits per heavy atom. The molecule has 2 unspecified atom stereocenters. The number of ether oxygens (including phenoxy) is 2. The fourth-order valence-electron chi connectivity index (χ4n) is 3.43. The van der Waals surface area contributed by atoms with E-state index in [9.17, 15) is 40.5 Å². The first kappa shape index (κ1) is 21.7. The molecule has 1 aliphatic rings. The predicted molar refractivity (Wildman–Crippen MR) is 108 cm³/mol. The SMILES string of the molecule is CC1O[C@@H](Oc2c(O)cc3oc(-c4ccc(O)c(O)c4)cc(=O)c3c2O)[C@@H](O)C(O)[C@H]1O. The maximum atomic E-state index is 12.7. The van der Waals surface area contributed by atoms with Crippen molar-refractivity contribution in [3.05, 3.63) is 40.6 Å². The second-order valence-electron chi connectivity index (χ2n) is 7.42. The number of benzene rings is 2. The molecule has 3 aromatic rings. The summed E-state index contributed by atoms with van der Waals surface area (Å²) in [5, 5.41) is 69.5. The van der Waals surface area contributed by atoms with Gasteiger partial charge in [-0.25, -0.2) is 0 Å². The minimum absolute atomic E-state index is 0.0118. The van der Waals surface area contributed by atoms with Crippen LogP contribution in [0.1, 0.15) is 6.92 Å². The van der Waals surface area contributed by atoms with E-state index in [0.29, 0.717) is 0 Å². The van der Waals surface area contributed by atoms with Gasteiger partial charge in [-0.2, -0.15) is 0 Å². The van der Waals surface area contributed by atoms with E-state index in [2.05, 4.69) is 0 Å². The van der Waals surface area contributed by atoms with Gasteiger partial charge in [-0.15, -0.1) is 0 Å². The molecule has 0 amide bonds. The monoisotopic (exact) mass is 448 g/mol. The zero-order chi connectivity index (χ0) is 23.3. The Morgan fingerprint density at radius 2 is 1.59 bits per heavy atom. The molecule has 0 radical (unpaired) electrons. The first-order chi connectivity index (χ1) is 15.1. The molecule has 0 aliphatic carbocycles. The van der Waals surface area contributed by atoms with E-state index in [1.165, 1.54) is 25.1 Å². The lowest BCUT2D eigenvalue weighted by molar-refractivity contribution is -0.268. The highest BCUT2D eigenvalue weighted by Gasteiger charge is 2.43. The first-order valence-electron chi connectivity index (χ1n) is 9.50. The molecule has 0 bridgehead atoms. The fraction of sp³-hybridized carbons (Fsp3) is 0.286. The van der Waals surface area contributed by atoms with Gasteiger partial charge < -0.3 is 49.6 Å². The molecule has 1 fully saturated rings. The molecule has 1 saturated heterocycles. The molecule has 11 nitrogen and oxygen atoms in total. The zero-order valence-electron chi connectivity index (χ0n) is 16.5. The van der Waals surface area contributed by atoms with Crippen molar-refractivity contribution in [2.24, 2.45) is 0 Å². The van der Waals surface area contributed by atoms with Crippen molar-refractivity contribution in [1.82, 2.24) is 0 Å². The van der Waals surface area contributed by atoms with Gasteiger partial charge in [0.2, 0.25) is 12.0 Å². The number of hydrogen-bond acceptors (Lipinski definition) is 11. The average molecular weight is 448 g/mol.